The molecule has 5 heteroatoms. The Hall–Kier alpha value is -1.62. The fraction of sp³-hybridized carbons (Fsp3) is 0.600. The third kappa shape index (κ3) is 3.28. The summed E-state index contributed by atoms with van der Waals surface area (Å²) in [7, 11) is 0. The van der Waals surface area contributed by atoms with Crippen molar-refractivity contribution in [1.82, 2.24) is 9.88 Å². The van der Waals surface area contributed by atoms with E-state index in [9.17, 15) is 9.90 Å². The number of carbonyl (C=O) groups is 1. The zero-order valence-electron chi connectivity index (χ0n) is 12.5. The topological polar surface area (TPSA) is 62.7 Å². The minimum absolute atomic E-state index is 0.220. The van der Waals surface area contributed by atoms with Gasteiger partial charge in [0.2, 0.25) is 0 Å². The highest BCUT2D eigenvalue weighted by atomic mass is 16.6. The number of amides is 1. The van der Waals surface area contributed by atoms with Crippen LogP contribution in [0.3, 0.4) is 0 Å². The molecule has 0 aliphatic carbocycles. The maximum Gasteiger partial charge on any atom is 0.410 e. The van der Waals surface area contributed by atoms with Gasteiger partial charge in [0.15, 0.2) is 0 Å². The van der Waals surface area contributed by atoms with Gasteiger partial charge in [-0.3, -0.25) is 4.98 Å². The number of hydrogen-bond donors (Lipinski definition) is 1. The van der Waals surface area contributed by atoms with Crippen molar-refractivity contribution in [1.29, 1.82) is 0 Å². The second kappa shape index (κ2) is 5.05. The van der Waals surface area contributed by atoms with E-state index in [1.807, 2.05) is 39.8 Å². The Labute approximate surface area is 119 Å². The van der Waals surface area contributed by atoms with Crippen molar-refractivity contribution < 1.29 is 14.6 Å². The standard InChI is InChI=1S/C15H22N2O3/c1-11-5-6-12(16-9-11)15(19)7-8-17(10-15)13(18)20-14(2,3)4/h5-6,9,19H,7-8,10H2,1-4H3. The summed E-state index contributed by atoms with van der Waals surface area (Å²) in [6.07, 6.45) is 1.81. The highest BCUT2D eigenvalue weighted by Gasteiger charge is 2.41. The number of pyridine rings is 1. The molecule has 1 fully saturated rings. The molecule has 2 heterocycles. The summed E-state index contributed by atoms with van der Waals surface area (Å²) in [6.45, 7) is 8.12. The molecule has 0 bridgehead atoms. The van der Waals surface area contributed by atoms with E-state index in [-0.39, 0.29) is 12.6 Å². The highest BCUT2D eigenvalue weighted by molar-refractivity contribution is 5.68. The van der Waals surface area contributed by atoms with Crippen LogP contribution in [-0.4, -0.2) is 39.8 Å². The van der Waals surface area contributed by atoms with E-state index in [0.717, 1.165) is 5.56 Å². The molecule has 1 amide bonds. The maximum atomic E-state index is 12.0. The van der Waals surface area contributed by atoms with Crippen molar-refractivity contribution >= 4 is 6.09 Å². The first-order valence-corrected chi connectivity index (χ1v) is 6.83. The van der Waals surface area contributed by atoms with E-state index in [1.165, 1.54) is 4.90 Å². The molecular formula is C15H22N2O3. The number of likely N-dealkylation sites (tertiary alicyclic amines) is 1. The van der Waals surface area contributed by atoms with Crippen molar-refractivity contribution in [2.24, 2.45) is 0 Å². The highest BCUT2D eigenvalue weighted by Crippen LogP contribution is 2.31. The van der Waals surface area contributed by atoms with Crippen LogP contribution in [0.1, 0.15) is 38.4 Å². The molecule has 0 radical (unpaired) electrons. The Bertz CT molecular complexity index is 493. The maximum absolute atomic E-state index is 12.0. The number of carbonyl (C=O) groups excluding carboxylic acids is 1. The van der Waals surface area contributed by atoms with Crippen LogP contribution in [0.25, 0.3) is 0 Å². The van der Waals surface area contributed by atoms with E-state index in [1.54, 1.807) is 6.20 Å². The number of β-amino-alcohol motifs (C(OH)–C–C–N with tert-alkyl or cyclic N) is 1. The Morgan fingerprint density at radius 1 is 1.45 bits per heavy atom. The van der Waals surface area contributed by atoms with Crippen molar-refractivity contribution in [3.8, 4) is 0 Å². The van der Waals surface area contributed by atoms with Crippen LogP contribution in [-0.2, 0) is 10.3 Å². The van der Waals surface area contributed by atoms with Gasteiger partial charge in [-0.25, -0.2) is 4.79 Å². The van der Waals surface area contributed by atoms with Crippen LogP contribution >= 0.6 is 0 Å². The zero-order chi connectivity index (χ0) is 15.0. The quantitative estimate of drug-likeness (QED) is 0.855. The fourth-order valence-corrected chi connectivity index (χ4v) is 2.23. The Kier molecular flexibility index (Phi) is 3.73. The molecule has 20 heavy (non-hydrogen) atoms. The largest absolute Gasteiger partial charge is 0.444 e. The number of aryl methyl sites for hydroxylation is 1. The SMILES string of the molecule is Cc1ccc(C2(O)CCN(C(=O)OC(C)(C)C)C2)nc1. The molecular weight excluding hydrogens is 256 g/mol. The number of aliphatic hydroxyl groups is 1. The fourth-order valence-electron chi connectivity index (χ4n) is 2.23. The lowest BCUT2D eigenvalue weighted by atomic mass is 9.98. The van der Waals surface area contributed by atoms with Gasteiger partial charge in [0.25, 0.3) is 0 Å². The summed E-state index contributed by atoms with van der Waals surface area (Å²) in [5.41, 5.74) is 0.0401. The zero-order valence-corrected chi connectivity index (χ0v) is 12.5. The van der Waals surface area contributed by atoms with Crippen LogP contribution in [0, 0.1) is 6.92 Å². The normalized spacial score (nSPS) is 22.9. The minimum Gasteiger partial charge on any atom is -0.444 e. The van der Waals surface area contributed by atoms with Crippen LogP contribution in [0.4, 0.5) is 4.79 Å². The lowest BCUT2D eigenvalue weighted by Crippen LogP contribution is -2.38. The van der Waals surface area contributed by atoms with Crippen molar-refractivity contribution in [3.05, 3.63) is 29.6 Å². The second-order valence-electron chi connectivity index (χ2n) is 6.40. The van der Waals surface area contributed by atoms with Gasteiger partial charge in [-0.2, -0.15) is 0 Å². The lowest BCUT2D eigenvalue weighted by Gasteiger charge is -2.26. The van der Waals surface area contributed by atoms with Gasteiger partial charge in [0, 0.05) is 19.2 Å². The number of aromatic nitrogens is 1. The van der Waals surface area contributed by atoms with Crippen LogP contribution in [0.2, 0.25) is 0 Å². The van der Waals surface area contributed by atoms with Gasteiger partial charge < -0.3 is 14.7 Å². The molecule has 0 saturated carbocycles. The molecule has 1 unspecified atom stereocenters. The average Bonchev–Trinajstić information content (AvgIpc) is 2.72. The van der Waals surface area contributed by atoms with Crippen molar-refractivity contribution in [2.75, 3.05) is 13.1 Å². The molecule has 0 aromatic carbocycles. The molecule has 1 aliphatic heterocycles. The molecule has 1 N–H and O–H groups in total. The van der Waals surface area contributed by atoms with E-state index in [2.05, 4.69) is 4.98 Å². The van der Waals surface area contributed by atoms with Gasteiger partial charge in [-0.15, -0.1) is 0 Å². The van der Waals surface area contributed by atoms with E-state index < -0.39 is 11.2 Å². The van der Waals surface area contributed by atoms with Crippen LogP contribution < -0.4 is 0 Å². The molecule has 1 aromatic heterocycles. The summed E-state index contributed by atoms with van der Waals surface area (Å²) < 4.78 is 5.33. The number of hydrogen-bond acceptors (Lipinski definition) is 4. The van der Waals surface area contributed by atoms with Gasteiger partial charge in [0.05, 0.1) is 12.2 Å². The van der Waals surface area contributed by atoms with E-state index >= 15 is 0 Å². The van der Waals surface area contributed by atoms with Crippen molar-refractivity contribution in [2.45, 2.75) is 45.3 Å². The van der Waals surface area contributed by atoms with Crippen molar-refractivity contribution in [3.63, 3.8) is 0 Å². The molecule has 1 aromatic rings. The third-order valence-electron chi connectivity index (χ3n) is 3.29. The first-order chi connectivity index (χ1) is 9.20. The third-order valence-corrected chi connectivity index (χ3v) is 3.29. The Morgan fingerprint density at radius 2 is 2.15 bits per heavy atom. The predicted molar refractivity (Wildman–Crippen MR) is 75.3 cm³/mol. The first-order valence-electron chi connectivity index (χ1n) is 6.83. The number of ether oxygens (including phenoxy) is 1. The molecule has 1 atom stereocenters. The second-order valence-corrected chi connectivity index (χ2v) is 6.40. The monoisotopic (exact) mass is 278 g/mol. The summed E-state index contributed by atoms with van der Waals surface area (Å²) >= 11 is 0. The first kappa shape index (κ1) is 14.8. The van der Waals surface area contributed by atoms with Gasteiger partial charge in [-0.05, 0) is 39.3 Å². The molecule has 5 nitrogen and oxygen atoms in total. The number of rotatable bonds is 1. The lowest BCUT2D eigenvalue weighted by molar-refractivity contribution is 0.0126. The predicted octanol–water partition coefficient (Wildman–Crippen LogP) is 2.22. The van der Waals surface area contributed by atoms with E-state index in [4.69, 9.17) is 4.74 Å². The van der Waals surface area contributed by atoms with E-state index in [0.29, 0.717) is 18.7 Å². The van der Waals surface area contributed by atoms with Gasteiger partial charge in [-0.1, -0.05) is 6.07 Å². The molecule has 2 rings (SSSR count). The summed E-state index contributed by atoms with van der Waals surface area (Å²) in [6, 6.07) is 3.73. The van der Waals surface area contributed by atoms with Gasteiger partial charge in [0.1, 0.15) is 11.2 Å². The Morgan fingerprint density at radius 3 is 2.70 bits per heavy atom. The minimum atomic E-state index is -1.08. The average molecular weight is 278 g/mol. The van der Waals surface area contributed by atoms with Crippen LogP contribution in [0.15, 0.2) is 18.3 Å². The molecule has 1 aliphatic rings. The smallest absolute Gasteiger partial charge is 0.410 e. The molecule has 1 saturated heterocycles. The number of nitrogens with zero attached hydrogens (tertiary/aromatic N) is 2. The summed E-state index contributed by atoms with van der Waals surface area (Å²) in [5, 5.41) is 10.7. The Balaban J connectivity index is 2.07. The molecule has 0 spiro atoms. The van der Waals surface area contributed by atoms with Gasteiger partial charge >= 0.3 is 6.09 Å². The summed E-state index contributed by atoms with van der Waals surface area (Å²) in [4.78, 5) is 17.8. The van der Waals surface area contributed by atoms with Crippen LogP contribution in [0.5, 0.6) is 0 Å². The summed E-state index contributed by atoms with van der Waals surface area (Å²) in [5.74, 6) is 0. The molecule has 110 valence electrons.